The first-order valence-electron chi connectivity index (χ1n) is 18.3. The smallest absolute Gasteiger partial charge is 0.269 e. The van der Waals surface area contributed by atoms with Crippen LogP contribution in [-0.4, -0.2) is 86.5 Å². The van der Waals surface area contributed by atoms with Gasteiger partial charge in [-0.05, 0) is 73.0 Å². The minimum absolute atomic E-state index is 0.00723. The van der Waals surface area contributed by atoms with E-state index in [2.05, 4.69) is 48.8 Å². The van der Waals surface area contributed by atoms with Crippen LogP contribution in [0.3, 0.4) is 0 Å². The second kappa shape index (κ2) is 15.1. The van der Waals surface area contributed by atoms with Gasteiger partial charge in [0.2, 0.25) is 5.60 Å². The molecule has 298 valence electrons. The number of aliphatic hydroxyl groups is 2. The van der Waals surface area contributed by atoms with Crippen LogP contribution in [-0.2, 0) is 16.8 Å². The molecule has 5 aromatic heterocycles. The molecule has 1 fully saturated rings. The average Bonchev–Trinajstić information content (AvgIpc) is 3.98. The van der Waals surface area contributed by atoms with Gasteiger partial charge in [0, 0.05) is 72.6 Å². The van der Waals surface area contributed by atoms with E-state index in [4.69, 9.17) is 11.5 Å². The van der Waals surface area contributed by atoms with Gasteiger partial charge in [-0.3, -0.25) is 19.4 Å². The molecule has 0 unspecified atom stereocenters. The zero-order valence-corrected chi connectivity index (χ0v) is 31.6. The van der Waals surface area contributed by atoms with Crippen LogP contribution < -0.4 is 11.5 Å². The molecule has 6 N–H and O–H groups in total. The van der Waals surface area contributed by atoms with Gasteiger partial charge in [-0.1, -0.05) is 29.7 Å². The molecule has 9 rings (SSSR count). The number of aryl methyl sites for hydroxylation is 1. The third-order valence-electron chi connectivity index (χ3n) is 10.1. The van der Waals surface area contributed by atoms with Gasteiger partial charge in [-0.25, -0.2) is 28.1 Å². The maximum absolute atomic E-state index is 13.8. The van der Waals surface area contributed by atoms with Crippen LogP contribution in [0.5, 0.6) is 0 Å². The van der Waals surface area contributed by atoms with Crippen molar-refractivity contribution in [1.82, 2.24) is 39.4 Å². The van der Waals surface area contributed by atoms with Gasteiger partial charge in [-0.2, -0.15) is 10.2 Å². The molecule has 1 aliphatic carbocycles. The fourth-order valence-electron chi connectivity index (χ4n) is 7.00. The first-order valence-corrected chi connectivity index (χ1v) is 18.3. The number of nitrogens with two attached hydrogens (primary N) is 2. The van der Waals surface area contributed by atoms with E-state index in [1.807, 2.05) is 12.1 Å². The molecule has 0 spiro atoms. The molecule has 17 heteroatoms. The van der Waals surface area contributed by atoms with Crippen molar-refractivity contribution in [3.05, 3.63) is 137 Å². The second-order valence-electron chi connectivity index (χ2n) is 14.1. The predicted octanol–water partition coefficient (Wildman–Crippen LogP) is 2.84. The van der Waals surface area contributed by atoms with Gasteiger partial charge >= 0.3 is 0 Å². The lowest BCUT2D eigenvalue weighted by molar-refractivity contribution is -0.137. The van der Waals surface area contributed by atoms with E-state index in [-0.39, 0.29) is 23.6 Å². The van der Waals surface area contributed by atoms with E-state index < -0.39 is 40.6 Å². The van der Waals surface area contributed by atoms with Gasteiger partial charge in [0.25, 0.3) is 17.7 Å². The Morgan fingerprint density at radius 3 is 1.75 bits per heavy atom. The highest BCUT2D eigenvalue weighted by molar-refractivity contribution is 6.05. The minimum atomic E-state index is -1.72. The number of likely N-dealkylation sites (N-methyl/N-ethyl adjacent to an activating group) is 1. The number of hydrogen-bond acceptors (Lipinski definition) is 10. The highest BCUT2D eigenvalue weighted by Crippen LogP contribution is 2.34. The number of amides is 3. The standard InChI is InChI=1S/C23H16FN5O2.C20H16FN5O3/c24-16-3-4-17-18(13-16)29(28-20(17)22(25)30)19-12-14(7-11-26-19)5-8-23(31)9-6-15-2-1-10-27-21(15)23;1-25-9-7-20(29,19(25)28)6-4-12-5-8-23-16(10-12)26-15-11-13(21)2-3-14(15)17(24-26)18(22)27/h1-4,7,10-13,31H,6,9H2,(H2,25,30);2-3,5,8,10-11,29H,7,9H2,1H3,(H2,22,27)/t23-;20-/m00/s1. The van der Waals surface area contributed by atoms with Crippen LogP contribution in [0.4, 0.5) is 8.78 Å². The number of likely N-dealkylation sites (tertiary alicyclic amines) is 1. The predicted molar refractivity (Wildman–Crippen MR) is 212 cm³/mol. The van der Waals surface area contributed by atoms with Crippen molar-refractivity contribution >= 4 is 39.5 Å². The van der Waals surface area contributed by atoms with Gasteiger partial charge in [0.05, 0.1) is 16.7 Å². The van der Waals surface area contributed by atoms with Crippen LogP contribution in [0.2, 0.25) is 0 Å². The van der Waals surface area contributed by atoms with Gasteiger partial charge in [0.1, 0.15) is 11.6 Å². The number of pyridine rings is 3. The number of rotatable bonds is 4. The Morgan fingerprint density at radius 1 is 0.717 bits per heavy atom. The lowest BCUT2D eigenvalue weighted by atomic mass is 10.0. The lowest BCUT2D eigenvalue weighted by Gasteiger charge is -2.15. The normalized spacial score (nSPS) is 17.9. The van der Waals surface area contributed by atoms with Gasteiger partial charge in [0.15, 0.2) is 28.6 Å². The number of hydrogen-bond donors (Lipinski definition) is 4. The molecular formula is C43H32F2N10O5. The Hall–Kier alpha value is -7.86. The zero-order chi connectivity index (χ0) is 42.3. The monoisotopic (exact) mass is 806 g/mol. The summed E-state index contributed by atoms with van der Waals surface area (Å²) in [6, 6.07) is 18.1. The van der Waals surface area contributed by atoms with Crippen molar-refractivity contribution in [2.75, 3.05) is 13.6 Å². The van der Waals surface area contributed by atoms with Crippen molar-refractivity contribution in [1.29, 1.82) is 0 Å². The zero-order valence-electron chi connectivity index (χ0n) is 31.6. The maximum atomic E-state index is 13.8. The third kappa shape index (κ3) is 7.26. The van der Waals surface area contributed by atoms with Gasteiger partial charge in [-0.15, -0.1) is 0 Å². The molecule has 2 aliphatic rings. The summed E-state index contributed by atoms with van der Waals surface area (Å²) in [5, 5.41) is 30.6. The number of fused-ring (bicyclic) bond motifs is 3. The molecule has 1 aliphatic heterocycles. The molecule has 2 aromatic carbocycles. The number of nitrogens with zero attached hydrogens (tertiary/aromatic N) is 8. The quantitative estimate of drug-likeness (QED) is 0.191. The first-order chi connectivity index (χ1) is 28.7. The van der Waals surface area contributed by atoms with Crippen molar-refractivity contribution in [2.24, 2.45) is 11.5 Å². The van der Waals surface area contributed by atoms with Crippen molar-refractivity contribution < 1.29 is 33.4 Å². The first kappa shape index (κ1) is 39.0. The summed E-state index contributed by atoms with van der Waals surface area (Å²) in [5.41, 5.74) is 11.1. The number of aromatic nitrogens is 7. The fraction of sp³-hybridized carbons (Fsp3) is 0.163. The molecule has 0 bridgehead atoms. The summed E-state index contributed by atoms with van der Waals surface area (Å²) in [7, 11) is 1.60. The molecule has 60 heavy (non-hydrogen) atoms. The summed E-state index contributed by atoms with van der Waals surface area (Å²) < 4.78 is 30.3. The van der Waals surface area contributed by atoms with Gasteiger partial charge < -0.3 is 26.6 Å². The number of carbonyl (C=O) groups excluding carboxylic acids is 3. The Balaban J connectivity index is 0.000000167. The molecule has 0 saturated carbocycles. The van der Waals surface area contributed by atoms with E-state index in [1.165, 1.54) is 63.1 Å². The van der Waals surface area contributed by atoms with E-state index >= 15 is 0 Å². The minimum Gasteiger partial charge on any atom is -0.372 e. The number of carbonyl (C=O) groups is 3. The second-order valence-corrected chi connectivity index (χ2v) is 14.1. The van der Waals surface area contributed by atoms with E-state index in [1.54, 1.807) is 37.5 Å². The Morgan fingerprint density at radius 2 is 1.25 bits per heavy atom. The van der Waals surface area contributed by atoms with Crippen LogP contribution >= 0.6 is 0 Å². The van der Waals surface area contributed by atoms with Crippen molar-refractivity contribution in [3.63, 3.8) is 0 Å². The number of primary amides is 2. The van der Waals surface area contributed by atoms with E-state index in [0.717, 1.165) is 5.56 Å². The van der Waals surface area contributed by atoms with E-state index in [0.29, 0.717) is 63.8 Å². The van der Waals surface area contributed by atoms with Crippen LogP contribution in [0, 0.1) is 35.3 Å². The Kier molecular flexibility index (Phi) is 9.84. The summed E-state index contributed by atoms with van der Waals surface area (Å²) in [6.07, 6.45) is 6.02. The highest BCUT2D eigenvalue weighted by Gasteiger charge is 2.42. The maximum Gasteiger partial charge on any atom is 0.269 e. The Bertz CT molecular complexity index is 3050. The summed E-state index contributed by atoms with van der Waals surface area (Å²) in [5.74, 6) is 9.04. The number of halogens is 2. The molecule has 15 nitrogen and oxygen atoms in total. The largest absolute Gasteiger partial charge is 0.372 e. The molecule has 6 heterocycles. The van der Waals surface area contributed by atoms with Crippen LogP contribution in [0.1, 0.15) is 56.2 Å². The third-order valence-corrected chi connectivity index (χ3v) is 10.1. The van der Waals surface area contributed by atoms with Crippen LogP contribution in [0.15, 0.2) is 91.4 Å². The average molecular weight is 807 g/mol. The van der Waals surface area contributed by atoms with E-state index in [9.17, 15) is 33.4 Å². The summed E-state index contributed by atoms with van der Waals surface area (Å²) >= 11 is 0. The topological polar surface area (TPSA) is 221 Å². The SMILES string of the molecule is CN1CC[C@@](O)(C#Cc2ccnc(-n3nc(C(N)=O)c4ccc(F)cc43)c2)C1=O.NC(=O)c1nn(-c2cc(C#C[C@]3(O)CCc4cccnc43)ccn2)c2cc(F)ccc12. The molecular weight excluding hydrogens is 775 g/mol. The van der Waals surface area contributed by atoms with Crippen LogP contribution in [0.25, 0.3) is 33.4 Å². The summed E-state index contributed by atoms with van der Waals surface area (Å²) in [4.78, 5) is 49.7. The molecule has 0 radical (unpaired) electrons. The Labute approximate surface area is 339 Å². The fourth-order valence-corrected chi connectivity index (χ4v) is 7.00. The van der Waals surface area contributed by atoms with Crippen molar-refractivity contribution in [2.45, 2.75) is 30.5 Å². The number of benzene rings is 2. The summed E-state index contributed by atoms with van der Waals surface area (Å²) in [6.45, 7) is 0.423. The molecule has 3 amide bonds. The highest BCUT2D eigenvalue weighted by atomic mass is 19.1. The molecule has 7 aromatic rings. The lowest BCUT2D eigenvalue weighted by Crippen LogP contribution is -2.37. The molecule has 2 atom stereocenters. The molecule has 1 saturated heterocycles. The van der Waals surface area contributed by atoms with Crippen molar-refractivity contribution in [3.8, 4) is 35.3 Å².